The summed E-state index contributed by atoms with van der Waals surface area (Å²) in [4.78, 5) is 27.9. The summed E-state index contributed by atoms with van der Waals surface area (Å²) >= 11 is 6.06. The van der Waals surface area contributed by atoms with E-state index in [1.165, 1.54) is 11.0 Å². The molecule has 0 aliphatic carbocycles. The molecule has 7 nitrogen and oxygen atoms in total. The highest BCUT2D eigenvalue weighted by Crippen LogP contribution is 2.23. The molecule has 2 aromatic rings. The van der Waals surface area contributed by atoms with Crippen LogP contribution in [0.1, 0.15) is 37.8 Å². The zero-order valence-electron chi connectivity index (χ0n) is 19.5. The predicted molar refractivity (Wildman–Crippen MR) is 133 cm³/mol. The Labute approximate surface area is 201 Å². The number of hydrogen-bond donors (Lipinski definition) is 1. The molecular weight excluding hydrogens is 462 g/mol. The molecule has 0 aromatic heterocycles. The highest BCUT2D eigenvalue weighted by atomic mass is 35.5. The second-order valence-corrected chi connectivity index (χ2v) is 10.3. The molecule has 0 radical (unpaired) electrons. The van der Waals surface area contributed by atoms with Gasteiger partial charge < -0.3 is 10.2 Å². The molecule has 1 unspecified atom stereocenters. The van der Waals surface area contributed by atoms with Gasteiger partial charge in [0.05, 0.1) is 11.9 Å². The van der Waals surface area contributed by atoms with E-state index >= 15 is 0 Å². The smallest absolute Gasteiger partial charge is 0.244 e. The number of nitrogens with one attached hydrogen (secondary N) is 1. The van der Waals surface area contributed by atoms with Crippen molar-refractivity contribution in [1.29, 1.82) is 0 Å². The van der Waals surface area contributed by atoms with Gasteiger partial charge in [-0.15, -0.1) is 0 Å². The van der Waals surface area contributed by atoms with Gasteiger partial charge in [0.2, 0.25) is 21.8 Å². The van der Waals surface area contributed by atoms with Crippen molar-refractivity contribution in [1.82, 2.24) is 10.2 Å². The minimum absolute atomic E-state index is 0.191. The van der Waals surface area contributed by atoms with Crippen LogP contribution < -0.4 is 9.62 Å². The van der Waals surface area contributed by atoms with Crippen LogP contribution in [-0.4, -0.2) is 50.5 Å². The number of carbonyl (C=O) groups excluding carboxylic acids is 2. The molecule has 0 aliphatic rings. The number of rotatable bonds is 11. The van der Waals surface area contributed by atoms with E-state index in [4.69, 9.17) is 11.6 Å². The zero-order chi connectivity index (χ0) is 24.6. The SMILES string of the molecule is CCCNC(=O)C(CC)N(Cc1ccccc1C)C(=O)CN(c1cccc(Cl)c1)S(C)(=O)=O. The van der Waals surface area contributed by atoms with Crippen molar-refractivity contribution in [2.75, 3.05) is 23.7 Å². The van der Waals surface area contributed by atoms with Gasteiger partial charge in [0.25, 0.3) is 0 Å². The third-order valence-corrected chi connectivity index (χ3v) is 6.69. The molecule has 0 saturated heterocycles. The molecule has 1 N–H and O–H groups in total. The Morgan fingerprint density at radius 2 is 1.79 bits per heavy atom. The van der Waals surface area contributed by atoms with Gasteiger partial charge in [-0.25, -0.2) is 8.42 Å². The van der Waals surface area contributed by atoms with Gasteiger partial charge in [0.15, 0.2) is 0 Å². The second-order valence-electron chi connectivity index (χ2n) is 7.91. The lowest BCUT2D eigenvalue weighted by Crippen LogP contribution is -2.52. The van der Waals surface area contributed by atoms with Crippen LogP contribution in [0, 0.1) is 6.92 Å². The van der Waals surface area contributed by atoms with Gasteiger partial charge in [-0.3, -0.25) is 13.9 Å². The number of carbonyl (C=O) groups is 2. The Morgan fingerprint density at radius 3 is 2.36 bits per heavy atom. The summed E-state index contributed by atoms with van der Waals surface area (Å²) in [6, 6.07) is 13.2. The molecule has 2 amide bonds. The molecule has 2 rings (SSSR count). The predicted octanol–water partition coefficient (Wildman–Crippen LogP) is 3.75. The number of sulfonamides is 1. The minimum Gasteiger partial charge on any atom is -0.354 e. The molecular formula is C24H32ClN3O4S. The minimum atomic E-state index is -3.78. The van der Waals surface area contributed by atoms with E-state index in [-0.39, 0.29) is 18.1 Å². The van der Waals surface area contributed by atoms with Crippen molar-refractivity contribution in [3.05, 3.63) is 64.7 Å². The monoisotopic (exact) mass is 493 g/mol. The lowest BCUT2D eigenvalue weighted by atomic mass is 10.1. The molecule has 9 heteroatoms. The van der Waals surface area contributed by atoms with Crippen molar-refractivity contribution in [2.24, 2.45) is 0 Å². The first kappa shape index (κ1) is 26.7. The third kappa shape index (κ3) is 7.47. The Bertz CT molecular complexity index is 1070. The number of anilines is 1. The highest BCUT2D eigenvalue weighted by molar-refractivity contribution is 7.92. The number of hydrogen-bond acceptors (Lipinski definition) is 4. The van der Waals surface area contributed by atoms with Gasteiger partial charge in [0, 0.05) is 18.1 Å². The Kier molecular flexibility index (Phi) is 9.73. The summed E-state index contributed by atoms with van der Waals surface area (Å²) in [5, 5.41) is 3.22. The van der Waals surface area contributed by atoms with E-state index in [9.17, 15) is 18.0 Å². The Hall–Kier alpha value is -2.58. The molecule has 2 aromatic carbocycles. The van der Waals surface area contributed by atoms with Crippen molar-refractivity contribution >= 4 is 39.1 Å². The number of benzene rings is 2. The average molecular weight is 494 g/mol. The summed E-state index contributed by atoms with van der Waals surface area (Å²) in [6.07, 6.45) is 2.20. The van der Waals surface area contributed by atoms with Gasteiger partial charge in [0.1, 0.15) is 12.6 Å². The van der Waals surface area contributed by atoms with Crippen molar-refractivity contribution < 1.29 is 18.0 Å². The highest BCUT2D eigenvalue weighted by Gasteiger charge is 2.31. The van der Waals surface area contributed by atoms with E-state index in [1.807, 2.05) is 45.0 Å². The fraction of sp³-hybridized carbons (Fsp3) is 0.417. The Balaban J connectivity index is 2.44. The lowest BCUT2D eigenvalue weighted by molar-refractivity contribution is -0.140. The molecule has 0 fully saturated rings. The lowest BCUT2D eigenvalue weighted by Gasteiger charge is -2.33. The average Bonchev–Trinajstić information content (AvgIpc) is 2.76. The van der Waals surface area contributed by atoms with Crippen LogP contribution in [0.2, 0.25) is 5.02 Å². The summed E-state index contributed by atoms with van der Waals surface area (Å²) in [5.74, 6) is -0.725. The van der Waals surface area contributed by atoms with Gasteiger partial charge in [-0.05, 0) is 49.1 Å². The maximum absolute atomic E-state index is 13.6. The number of halogens is 1. The van der Waals surface area contributed by atoms with Crippen molar-refractivity contribution in [2.45, 2.75) is 46.2 Å². The first-order chi connectivity index (χ1) is 15.6. The van der Waals surface area contributed by atoms with E-state index in [2.05, 4.69) is 5.32 Å². The van der Waals surface area contributed by atoms with Crippen LogP contribution in [0.15, 0.2) is 48.5 Å². The van der Waals surface area contributed by atoms with Gasteiger partial charge >= 0.3 is 0 Å². The Morgan fingerprint density at radius 1 is 1.09 bits per heavy atom. The molecule has 33 heavy (non-hydrogen) atoms. The van der Waals surface area contributed by atoms with Crippen LogP contribution in [0.25, 0.3) is 0 Å². The fourth-order valence-corrected chi connectivity index (χ4v) is 4.53. The van der Waals surface area contributed by atoms with Crippen molar-refractivity contribution in [3.63, 3.8) is 0 Å². The van der Waals surface area contributed by atoms with E-state index in [0.717, 1.165) is 28.1 Å². The van der Waals surface area contributed by atoms with E-state index < -0.39 is 28.5 Å². The van der Waals surface area contributed by atoms with Gasteiger partial charge in [-0.1, -0.05) is 55.8 Å². The zero-order valence-corrected chi connectivity index (χ0v) is 21.1. The maximum Gasteiger partial charge on any atom is 0.244 e. The van der Waals surface area contributed by atoms with E-state index in [0.29, 0.717) is 18.0 Å². The van der Waals surface area contributed by atoms with Crippen LogP contribution in [0.5, 0.6) is 0 Å². The van der Waals surface area contributed by atoms with Crippen LogP contribution in [-0.2, 0) is 26.2 Å². The first-order valence-electron chi connectivity index (χ1n) is 10.9. The standard InChI is InChI=1S/C24H32ClN3O4S/c1-5-14-26-24(30)22(6-2)27(16-19-11-8-7-10-18(19)3)23(29)17-28(33(4,31)32)21-13-9-12-20(25)15-21/h7-13,15,22H,5-6,14,16-17H2,1-4H3,(H,26,30). The van der Waals surface area contributed by atoms with Crippen LogP contribution in [0.3, 0.4) is 0 Å². The number of nitrogens with zero attached hydrogens (tertiary/aromatic N) is 2. The summed E-state index contributed by atoms with van der Waals surface area (Å²) in [6.45, 7) is 5.97. The summed E-state index contributed by atoms with van der Waals surface area (Å²) < 4.78 is 26.1. The fourth-order valence-electron chi connectivity index (χ4n) is 3.50. The quantitative estimate of drug-likeness (QED) is 0.516. The third-order valence-electron chi connectivity index (χ3n) is 5.31. The normalized spacial score (nSPS) is 12.2. The van der Waals surface area contributed by atoms with Gasteiger partial charge in [-0.2, -0.15) is 0 Å². The number of aryl methyl sites for hydroxylation is 1. The first-order valence-corrected chi connectivity index (χ1v) is 13.2. The molecule has 0 heterocycles. The summed E-state index contributed by atoms with van der Waals surface area (Å²) in [7, 11) is -3.78. The molecule has 180 valence electrons. The molecule has 0 spiro atoms. The second kappa shape index (κ2) is 12.0. The topological polar surface area (TPSA) is 86.8 Å². The number of amides is 2. The maximum atomic E-state index is 13.6. The molecule has 0 saturated carbocycles. The molecule has 0 aliphatic heterocycles. The van der Waals surface area contributed by atoms with Crippen molar-refractivity contribution in [3.8, 4) is 0 Å². The van der Waals surface area contributed by atoms with Crippen LogP contribution >= 0.6 is 11.6 Å². The molecule has 1 atom stereocenters. The molecule has 0 bridgehead atoms. The summed E-state index contributed by atoms with van der Waals surface area (Å²) in [5.41, 5.74) is 2.16. The largest absolute Gasteiger partial charge is 0.354 e. The van der Waals surface area contributed by atoms with Crippen LogP contribution in [0.4, 0.5) is 5.69 Å². The van der Waals surface area contributed by atoms with E-state index in [1.54, 1.807) is 18.2 Å².